The van der Waals surface area contributed by atoms with Crippen molar-refractivity contribution in [2.75, 3.05) is 7.11 Å². The van der Waals surface area contributed by atoms with E-state index in [1.54, 1.807) is 0 Å². The van der Waals surface area contributed by atoms with Gasteiger partial charge in [-0.25, -0.2) is 9.18 Å². The molecule has 0 aromatic heterocycles. The Morgan fingerprint density at radius 1 is 1.46 bits per heavy atom. The molecule has 0 unspecified atom stereocenters. The monoisotopic (exact) mass is 190 g/mol. The third kappa shape index (κ3) is 0.886. The number of ether oxygens (including phenoxy) is 1. The van der Waals surface area contributed by atoms with Gasteiger partial charge >= 0.3 is 5.97 Å². The van der Waals surface area contributed by atoms with Gasteiger partial charge in [-0.05, 0) is 0 Å². The molecule has 2 saturated carbocycles. The first-order chi connectivity index (χ1) is 6.03. The van der Waals surface area contributed by atoms with Crippen LogP contribution in [0.4, 0.5) is 4.39 Å². The third-order valence-electron chi connectivity index (χ3n) is 3.06. The van der Waals surface area contributed by atoms with E-state index < -0.39 is 35.7 Å². The Labute approximate surface area is 74.3 Å². The van der Waals surface area contributed by atoms with E-state index in [2.05, 4.69) is 4.74 Å². The number of carbonyl (C=O) groups is 1. The van der Waals surface area contributed by atoms with Crippen molar-refractivity contribution >= 4 is 5.97 Å². The van der Waals surface area contributed by atoms with E-state index in [0.29, 0.717) is 0 Å². The van der Waals surface area contributed by atoms with E-state index in [0.717, 1.165) is 7.11 Å². The SMILES string of the molecule is COC(=O)[C@]1(F)[C@@H]2[C@H]1[C@@H](O)C[C@H]2O. The van der Waals surface area contributed by atoms with Crippen molar-refractivity contribution in [3.05, 3.63) is 0 Å². The highest BCUT2D eigenvalue weighted by molar-refractivity contribution is 5.85. The molecule has 74 valence electrons. The lowest BCUT2D eigenvalue weighted by Gasteiger charge is -2.14. The van der Waals surface area contributed by atoms with Crippen LogP contribution in [0.25, 0.3) is 0 Å². The summed E-state index contributed by atoms with van der Waals surface area (Å²) in [4.78, 5) is 11.0. The summed E-state index contributed by atoms with van der Waals surface area (Å²) in [5.41, 5.74) is -2.15. The van der Waals surface area contributed by atoms with Crippen molar-refractivity contribution in [2.24, 2.45) is 11.8 Å². The molecule has 4 nitrogen and oxygen atoms in total. The van der Waals surface area contributed by atoms with E-state index in [1.165, 1.54) is 0 Å². The maximum absolute atomic E-state index is 13.7. The van der Waals surface area contributed by atoms with Crippen LogP contribution in [0.5, 0.6) is 0 Å². The van der Waals surface area contributed by atoms with Crippen molar-refractivity contribution in [2.45, 2.75) is 24.3 Å². The molecule has 0 amide bonds. The lowest BCUT2D eigenvalue weighted by molar-refractivity contribution is -0.152. The number of aliphatic hydroxyl groups excluding tert-OH is 2. The number of fused-ring (bicyclic) bond motifs is 1. The smallest absolute Gasteiger partial charge is 0.344 e. The molecule has 13 heavy (non-hydrogen) atoms. The van der Waals surface area contributed by atoms with Crippen molar-refractivity contribution < 1.29 is 24.1 Å². The van der Waals surface area contributed by atoms with E-state index in [4.69, 9.17) is 0 Å². The fourth-order valence-electron chi connectivity index (χ4n) is 2.42. The zero-order chi connectivity index (χ0) is 9.80. The molecule has 2 aliphatic rings. The molecule has 0 aromatic carbocycles. The normalized spacial score (nSPS) is 52.9. The van der Waals surface area contributed by atoms with Gasteiger partial charge in [0.15, 0.2) is 0 Å². The number of aliphatic hydroxyl groups is 2. The Morgan fingerprint density at radius 2 is 1.92 bits per heavy atom. The van der Waals surface area contributed by atoms with Gasteiger partial charge in [0.05, 0.1) is 19.3 Å². The maximum Gasteiger partial charge on any atom is 0.344 e. The minimum atomic E-state index is -2.15. The summed E-state index contributed by atoms with van der Waals surface area (Å²) in [6, 6.07) is 0. The molecule has 5 heteroatoms. The Bertz CT molecular complexity index is 241. The minimum absolute atomic E-state index is 0.151. The maximum atomic E-state index is 13.7. The molecular weight excluding hydrogens is 179 g/mol. The zero-order valence-electron chi connectivity index (χ0n) is 7.11. The molecule has 0 saturated heterocycles. The molecule has 0 aliphatic heterocycles. The predicted octanol–water partition coefficient (Wildman–Crippen LogP) is -0.761. The highest BCUT2D eigenvalue weighted by Crippen LogP contribution is 2.63. The number of alkyl halides is 1. The van der Waals surface area contributed by atoms with Gasteiger partial charge in [0.25, 0.3) is 0 Å². The molecule has 0 bridgehead atoms. The van der Waals surface area contributed by atoms with Crippen molar-refractivity contribution in [1.82, 2.24) is 0 Å². The molecule has 2 rings (SSSR count). The number of carbonyl (C=O) groups excluding carboxylic acids is 1. The average Bonchev–Trinajstić information content (AvgIpc) is 2.60. The summed E-state index contributed by atoms with van der Waals surface area (Å²) in [6.07, 6.45) is -1.70. The second-order valence-corrected chi connectivity index (χ2v) is 3.68. The molecule has 0 aromatic rings. The number of methoxy groups -OCH3 is 1. The molecule has 0 heterocycles. The van der Waals surface area contributed by atoms with Gasteiger partial charge in [-0.15, -0.1) is 0 Å². The molecule has 2 fully saturated rings. The molecule has 5 atom stereocenters. The topological polar surface area (TPSA) is 66.8 Å². The van der Waals surface area contributed by atoms with E-state index in [-0.39, 0.29) is 6.42 Å². The Balaban J connectivity index is 2.19. The van der Waals surface area contributed by atoms with Crippen LogP contribution < -0.4 is 0 Å². The van der Waals surface area contributed by atoms with Gasteiger partial charge in [0.2, 0.25) is 5.67 Å². The highest BCUT2D eigenvalue weighted by Gasteiger charge is 2.79. The second-order valence-electron chi connectivity index (χ2n) is 3.68. The standard InChI is InChI=1S/C8H11FO4/c1-13-7(12)8(9)5-3(10)2-4(11)6(5)8/h3-6,10-11H,2H2,1H3/t3-,4+,5+,6-,8+. The largest absolute Gasteiger partial charge is 0.467 e. The van der Waals surface area contributed by atoms with Crippen LogP contribution in [0.1, 0.15) is 6.42 Å². The quantitative estimate of drug-likeness (QED) is 0.533. The zero-order valence-corrected chi connectivity index (χ0v) is 7.11. The lowest BCUT2D eigenvalue weighted by atomic mass is 10.1. The van der Waals surface area contributed by atoms with Crippen LogP contribution in [0.15, 0.2) is 0 Å². The van der Waals surface area contributed by atoms with Crippen molar-refractivity contribution in [3.8, 4) is 0 Å². The molecule has 2 aliphatic carbocycles. The van der Waals surface area contributed by atoms with Gasteiger partial charge in [-0.1, -0.05) is 0 Å². The molecule has 2 N–H and O–H groups in total. The van der Waals surface area contributed by atoms with Gasteiger partial charge in [0.1, 0.15) is 0 Å². The molecular formula is C8H11FO4. The lowest BCUT2D eigenvalue weighted by Crippen LogP contribution is -2.32. The number of hydrogen-bond donors (Lipinski definition) is 2. The molecule has 0 radical (unpaired) electrons. The average molecular weight is 190 g/mol. The summed E-state index contributed by atoms with van der Waals surface area (Å²) >= 11 is 0. The Kier molecular flexibility index (Phi) is 1.66. The van der Waals surface area contributed by atoms with Crippen LogP contribution in [-0.2, 0) is 9.53 Å². The first-order valence-electron chi connectivity index (χ1n) is 4.17. The van der Waals surface area contributed by atoms with E-state index in [1.807, 2.05) is 0 Å². The van der Waals surface area contributed by atoms with Crippen molar-refractivity contribution in [1.29, 1.82) is 0 Å². The van der Waals surface area contributed by atoms with E-state index in [9.17, 15) is 19.4 Å². The summed E-state index contributed by atoms with van der Waals surface area (Å²) in [7, 11) is 1.09. The van der Waals surface area contributed by atoms with Gasteiger partial charge in [-0.2, -0.15) is 0 Å². The predicted molar refractivity (Wildman–Crippen MR) is 39.5 cm³/mol. The number of hydrogen-bond acceptors (Lipinski definition) is 4. The summed E-state index contributed by atoms with van der Waals surface area (Å²) in [5, 5.41) is 18.6. The first-order valence-corrected chi connectivity index (χ1v) is 4.17. The van der Waals surface area contributed by atoms with Crippen LogP contribution in [0.3, 0.4) is 0 Å². The van der Waals surface area contributed by atoms with Gasteiger partial charge in [-0.3, -0.25) is 0 Å². The first kappa shape index (κ1) is 8.90. The van der Waals surface area contributed by atoms with Gasteiger partial charge in [0, 0.05) is 18.3 Å². The summed E-state index contributed by atoms with van der Waals surface area (Å²) < 4.78 is 18.0. The van der Waals surface area contributed by atoms with Gasteiger partial charge < -0.3 is 14.9 Å². The van der Waals surface area contributed by atoms with Crippen molar-refractivity contribution in [3.63, 3.8) is 0 Å². The van der Waals surface area contributed by atoms with Crippen LogP contribution >= 0.6 is 0 Å². The summed E-state index contributed by atoms with van der Waals surface area (Å²) in [5.74, 6) is -2.52. The van der Waals surface area contributed by atoms with E-state index >= 15 is 0 Å². The second kappa shape index (κ2) is 2.42. The van der Waals surface area contributed by atoms with Crippen LogP contribution in [-0.4, -0.2) is 41.2 Å². The Hall–Kier alpha value is -0.680. The summed E-state index contributed by atoms with van der Waals surface area (Å²) in [6.45, 7) is 0. The third-order valence-corrected chi connectivity index (χ3v) is 3.06. The highest BCUT2D eigenvalue weighted by atomic mass is 19.1. The number of halogens is 1. The number of esters is 1. The Morgan fingerprint density at radius 3 is 2.31 bits per heavy atom. The minimum Gasteiger partial charge on any atom is -0.467 e. The van der Waals surface area contributed by atoms with Crippen LogP contribution in [0.2, 0.25) is 0 Å². The fourth-order valence-corrected chi connectivity index (χ4v) is 2.42. The molecule has 0 spiro atoms. The van der Waals surface area contributed by atoms with Crippen LogP contribution in [0, 0.1) is 11.8 Å². The number of rotatable bonds is 1. The fraction of sp³-hybridized carbons (Fsp3) is 0.875.